The van der Waals surface area contributed by atoms with Gasteiger partial charge in [0.25, 0.3) is 5.91 Å². The highest BCUT2D eigenvalue weighted by Crippen LogP contribution is 2.24. The summed E-state index contributed by atoms with van der Waals surface area (Å²) in [7, 11) is 0. The number of nitrogen functional groups attached to an aromatic ring is 1. The van der Waals surface area contributed by atoms with Gasteiger partial charge in [-0.05, 0) is 30.9 Å². The Bertz CT molecular complexity index is 624. The summed E-state index contributed by atoms with van der Waals surface area (Å²) in [6.07, 6.45) is 3.44. The number of nitrogens with one attached hydrogen (secondary N) is 1. The van der Waals surface area contributed by atoms with Gasteiger partial charge in [-0.15, -0.1) is 0 Å². The molecule has 4 heteroatoms. The molecule has 1 aliphatic heterocycles. The predicted molar refractivity (Wildman–Crippen MR) is 81.6 cm³/mol. The Morgan fingerprint density at radius 1 is 1.40 bits per heavy atom. The van der Waals surface area contributed by atoms with E-state index in [1.165, 1.54) is 6.42 Å². The van der Waals surface area contributed by atoms with Crippen molar-refractivity contribution in [3.8, 4) is 0 Å². The van der Waals surface area contributed by atoms with Crippen molar-refractivity contribution in [3.63, 3.8) is 0 Å². The maximum absolute atomic E-state index is 12.5. The Kier molecular flexibility index (Phi) is 3.38. The summed E-state index contributed by atoms with van der Waals surface area (Å²) in [6.45, 7) is 3.95. The van der Waals surface area contributed by atoms with Crippen molar-refractivity contribution in [3.05, 3.63) is 30.0 Å². The van der Waals surface area contributed by atoms with Crippen molar-refractivity contribution >= 4 is 22.5 Å². The lowest BCUT2D eigenvalue weighted by atomic mass is 9.94. The Morgan fingerprint density at radius 2 is 2.15 bits per heavy atom. The molecule has 2 aromatic rings. The number of anilines is 1. The van der Waals surface area contributed by atoms with E-state index in [9.17, 15) is 4.79 Å². The lowest BCUT2D eigenvalue weighted by Crippen LogP contribution is -2.38. The molecule has 0 aliphatic carbocycles. The van der Waals surface area contributed by atoms with Crippen molar-refractivity contribution < 1.29 is 4.79 Å². The molecular formula is C16H21N3O. The van der Waals surface area contributed by atoms with Crippen LogP contribution >= 0.6 is 0 Å². The highest BCUT2D eigenvalue weighted by Gasteiger charge is 2.23. The van der Waals surface area contributed by atoms with Crippen molar-refractivity contribution in [1.82, 2.24) is 9.88 Å². The third-order valence-corrected chi connectivity index (χ3v) is 4.40. The number of carbonyl (C=O) groups excluding carboxylic acids is 1. The zero-order valence-corrected chi connectivity index (χ0v) is 11.9. The molecule has 1 saturated heterocycles. The zero-order chi connectivity index (χ0) is 14.1. The predicted octanol–water partition coefficient (Wildman–Crippen LogP) is 3.01. The second kappa shape index (κ2) is 5.19. The number of aromatic amines is 1. The van der Waals surface area contributed by atoms with Crippen LogP contribution in [0.15, 0.2) is 24.3 Å². The van der Waals surface area contributed by atoms with E-state index in [1.54, 1.807) is 0 Å². The third kappa shape index (κ3) is 2.26. The monoisotopic (exact) mass is 271 g/mol. The summed E-state index contributed by atoms with van der Waals surface area (Å²) in [4.78, 5) is 17.7. The van der Waals surface area contributed by atoms with Gasteiger partial charge in [0, 0.05) is 18.5 Å². The quantitative estimate of drug-likeness (QED) is 0.825. The van der Waals surface area contributed by atoms with Crippen LogP contribution in [0.4, 0.5) is 5.69 Å². The average molecular weight is 271 g/mol. The van der Waals surface area contributed by atoms with Gasteiger partial charge in [0.05, 0.1) is 11.2 Å². The van der Waals surface area contributed by atoms with Crippen LogP contribution in [0.2, 0.25) is 0 Å². The van der Waals surface area contributed by atoms with Crippen LogP contribution in [0.5, 0.6) is 0 Å². The number of H-pyrrole nitrogens is 1. The van der Waals surface area contributed by atoms with Crippen molar-refractivity contribution in [2.24, 2.45) is 5.92 Å². The molecule has 1 aromatic carbocycles. The number of likely N-dealkylation sites (tertiary alicyclic amines) is 1. The molecule has 0 spiro atoms. The van der Waals surface area contributed by atoms with Gasteiger partial charge in [-0.3, -0.25) is 4.79 Å². The van der Waals surface area contributed by atoms with Crippen molar-refractivity contribution in [2.75, 3.05) is 18.8 Å². The number of para-hydroxylation sites is 1. The second-order valence-corrected chi connectivity index (χ2v) is 5.64. The summed E-state index contributed by atoms with van der Waals surface area (Å²) in [5, 5.41) is 0.997. The van der Waals surface area contributed by atoms with Gasteiger partial charge >= 0.3 is 0 Å². The van der Waals surface area contributed by atoms with Gasteiger partial charge in [0.15, 0.2) is 0 Å². The van der Waals surface area contributed by atoms with Gasteiger partial charge in [-0.2, -0.15) is 0 Å². The molecule has 0 unspecified atom stereocenters. The first-order chi connectivity index (χ1) is 9.69. The minimum Gasteiger partial charge on any atom is -0.397 e. The van der Waals surface area contributed by atoms with Gasteiger partial charge in [0.2, 0.25) is 0 Å². The van der Waals surface area contributed by atoms with E-state index >= 15 is 0 Å². The maximum Gasteiger partial charge on any atom is 0.270 e. The number of amides is 1. The van der Waals surface area contributed by atoms with Crippen molar-refractivity contribution in [2.45, 2.75) is 26.2 Å². The summed E-state index contributed by atoms with van der Waals surface area (Å²) < 4.78 is 0. The van der Waals surface area contributed by atoms with Crippen LogP contribution in [-0.2, 0) is 0 Å². The average Bonchev–Trinajstić information content (AvgIpc) is 2.92. The lowest BCUT2D eigenvalue weighted by molar-refractivity contribution is 0.0684. The van der Waals surface area contributed by atoms with Crippen LogP contribution in [-0.4, -0.2) is 28.9 Å². The molecule has 0 bridgehead atoms. The Balaban J connectivity index is 1.81. The van der Waals surface area contributed by atoms with E-state index in [2.05, 4.69) is 11.9 Å². The molecular weight excluding hydrogens is 250 g/mol. The van der Waals surface area contributed by atoms with Gasteiger partial charge in [-0.25, -0.2) is 0 Å². The molecule has 20 heavy (non-hydrogen) atoms. The van der Waals surface area contributed by atoms with Crippen LogP contribution < -0.4 is 5.73 Å². The molecule has 1 aromatic heterocycles. The second-order valence-electron chi connectivity index (χ2n) is 5.64. The van der Waals surface area contributed by atoms with Gasteiger partial charge < -0.3 is 15.6 Å². The number of hydrogen-bond acceptors (Lipinski definition) is 2. The molecule has 3 rings (SSSR count). The summed E-state index contributed by atoms with van der Waals surface area (Å²) >= 11 is 0. The van der Waals surface area contributed by atoms with Crippen LogP contribution in [0, 0.1) is 5.92 Å². The number of rotatable bonds is 2. The van der Waals surface area contributed by atoms with E-state index in [4.69, 9.17) is 5.73 Å². The number of hydrogen-bond donors (Lipinski definition) is 2. The Labute approximate surface area is 118 Å². The molecule has 0 saturated carbocycles. The third-order valence-electron chi connectivity index (χ3n) is 4.40. The van der Waals surface area contributed by atoms with E-state index in [1.807, 2.05) is 29.2 Å². The van der Waals surface area contributed by atoms with E-state index in [0.717, 1.165) is 42.8 Å². The zero-order valence-electron chi connectivity index (χ0n) is 11.9. The Hall–Kier alpha value is -1.97. The molecule has 4 nitrogen and oxygen atoms in total. The molecule has 0 atom stereocenters. The number of benzene rings is 1. The number of aromatic nitrogens is 1. The number of piperidine rings is 1. The molecule has 1 aliphatic rings. The molecule has 106 valence electrons. The first kappa shape index (κ1) is 13.0. The molecule has 3 N–H and O–H groups in total. The first-order valence-corrected chi connectivity index (χ1v) is 7.35. The van der Waals surface area contributed by atoms with Crippen LogP contribution in [0.25, 0.3) is 10.9 Å². The fourth-order valence-electron chi connectivity index (χ4n) is 3.01. The van der Waals surface area contributed by atoms with Crippen LogP contribution in [0.1, 0.15) is 36.7 Å². The van der Waals surface area contributed by atoms with Gasteiger partial charge in [-0.1, -0.05) is 25.5 Å². The first-order valence-electron chi connectivity index (χ1n) is 7.35. The highest BCUT2D eigenvalue weighted by molar-refractivity contribution is 6.00. The Morgan fingerprint density at radius 3 is 2.80 bits per heavy atom. The summed E-state index contributed by atoms with van der Waals surface area (Å²) in [5.74, 6) is 0.868. The highest BCUT2D eigenvalue weighted by atomic mass is 16.2. The number of fused-ring (bicyclic) bond motifs is 1. The molecule has 1 fully saturated rings. The summed E-state index contributed by atoms with van der Waals surface area (Å²) in [5.41, 5.74) is 8.12. The maximum atomic E-state index is 12.5. The summed E-state index contributed by atoms with van der Waals surface area (Å²) in [6, 6.07) is 7.63. The largest absolute Gasteiger partial charge is 0.397 e. The van der Waals surface area contributed by atoms with Crippen LogP contribution in [0.3, 0.4) is 0 Å². The minimum atomic E-state index is 0.0927. The van der Waals surface area contributed by atoms with E-state index in [0.29, 0.717) is 11.4 Å². The smallest absolute Gasteiger partial charge is 0.270 e. The topological polar surface area (TPSA) is 62.1 Å². The van der Waals surface area contributed by atoms with Crippen molar-refractivity contribution in [1.29, 1.82) is 0 Å². The van der Waals surface area contributed by atoms with E-state index in [-0.39, 0.29) is 5.91 Å². The molecule has 1 amide bonds. The SMILES string of the molecule is CCC1CCN(C(=O)c2cc3cccc(N)c3[nH]2)CC1. The molecule has 0 radical (unpaired) electrons. The number of nitrogens with two attached hydrogens (primary N) is 1. The normalized spacial score (nSPS) is 16.8. The van der Waals surface area contributed by atoms with Gasteiger partial charge in [0.1, 0.15) is 5.69 Å². The lowest BCUT2D eigenvalue weighted by Gasteiger charge is -2.31. The molecule has 2 heterocycles. The standard InChI is InChI=1S/C16H21N3O/c1-2-11-6-8-19(9-7-11)16(20)14-10-12-4-3-5-13(17)15(12)18-14/h3-5,10-11,18H,2,6-9,17H2,1H3. The number of nitrogens with zero attached hydrogens (tertiary/aromatic N) is 1. The fraction of sp³-hybridized carbons (Fsp3) is 0.438. The number of carbonyl (C=O) groups is 1. The fourth-order valence-corrected chi connectivity index (χ4v) is 3.01. The minimum absolute atomic E-state index is 0.0927. The van der Waals surface area contributed by atoms with E-state index < -0.39 is 0 Å².